The van der Waals surface area contributed by atoms with Crippen molar-refractivity contribution in [3.63, 3.8) is 0 Å². The van der Waals surface area contributed by atoms with Crippen molar-refractivity contribution in [1.82, 2.24) is 9.80 Å². The van der Waals surface area contributed by atoms with Crippen LogP contribution in [0.4, 0.5) is 0 Å². The highest BCUT2D eigenvalue weighted by atomic mass is 35.5. The van der Waals surface area contributed by atoms with Crippen LogP contribution in [0.1, 0.15) is 25.0 Å². The summed E-state index contributed by atoms with van der Waals surface area (Å²) in [5.74, 6) is -0.225. The van der Waals surface area contributed by atoms with Gasteiger partial charge >= 0.3 is 0 Å². The predicted molar refractivity (Wildman–Crippen MR) is 130 cm³/mol. The summed E-state index contributed by atoms with van der Waals surface area (Å²) in [4.78, 5) is 17.1. The van der Waals surface area contributed by atoms with Crippen LogP contribution in [-0.4, -0.2) is 66.2 Å². The van der Waals surface area contributed by atoms with E-state index in [2.05, 4.69) is 11.8 Å². The molecule has 0 aromatic heterocycles. The predicted octanol–water partition coefficient (Wildman–Crippen LogP) is 3.92. The number of rotatable bonds is 8. The van der Waals surface area contributed by atoms with E-state index in [1.807, 2.05) is 36.1 Å². The molecule has 1 N–H and O–H groups in total. The number of carbonyl (C=O) groups excluding carboxylic acids is 1. The van der Waals surface area contributed by atoms with Crippen LogP contribution in [0.25, 0.3) is 0 Å². The summed E-state index contributed by atoms with van der Waals surface area (Å²) in [6, 6.07) is 12.7. The number of hydrogen-bond donors (Lipinski definition) is 1. The van der Waals surface area contributed by atoms with Crippen LogP contribution < -0.4 is 4.74 Å². The third kappa shape index (κ3) is 7.58. The van der Waals surface area contributed by atoms with Crippen LogP contribution in [0.15, 0.2) is 42.5 Å². The van der Waals surface area contributed by atoms with Crippen LogP contribution >= 0.6 is 23.2 Å². The molecule has 0 aliphatic carbocycles. The van der Waals surface area contributed by atoms with Crippen LogP contribution in [0.3, 0.4) is 0 Å². The van der Waals surface area contributed by atoms with E-state index in [-0.39, 0.29) is 31.0 Å². The minimum absolute atomic E-state index is 0.00817. The van der Waals surface area contributed by atoms with Gasteiger partial charge in [0.2, 0.25) is 0 Å². The minimum Gasteiger partial charge on any atom is -0.483 e. The summed E-state index contributed by atoms with van der Waals surface area (Å²) in [5.41, 5.74) is 1.68. The van der Waals surface area contributed by atoms with E-state index in [0.29, 0.717) is 27.9 Å². The lowest BCUT2D eigenvalue weighted by Gasteiger charge is -2.44. The fraction of sp³-hybridized carbons (Fsp3) is 0.435. The Hall–Kier alpha value is -1.84. The van der Waals surface area contributed by atoms with Crippen LogP contribution in [0.5, 0.6) is 5.75 Å². The molecule has 2 atom stereocenters. The van der Waals surface area contributed by atoms with Gasteiger partial charge in [-0.05, 0) is 61.7 Å². The Morgan fingerprint density at radius 1 is 1.06 bits per heavy atom. The van der Waals surface area contributed by atoms with Crippen molar-refractivity contribution in [2.75, 3.05) is 25.4 Å². The van der Waals surface area contributed by atoms with Crippen LogP contribution in [0, 0.1) is 0 Å². The Morgan fingerprint density at radius 2 is 1.73 bits per heavy atom. The third-order valence-electron chi connectivity index (χ3n) is 5.74. The second-order valence-electron chi connectivity index (χ2n) is 8.38. The highest BCUT2D eigenvalue weighted by Gasteiger charge is 2.32. The van der Waals surface area contributed by atoms with Gasteiger partial charge in [-0.3, -0.25) is 14.2 Å². The van der Waals surface area contributed by atoms with Gasteiger partial charge in [0.05, 0.1) is 5.75 Å². The highest BCUT2D eigenvalue weighted by Crippen LogP contribution is 2.25. The largest absolute Gasteiger partial charge is 0.483 e. The first kappa shape index (κ1) is 25.8. The van der Waals surface area contributed by atoms with E-state index in [9.17, 15) is 13.2 Å². The van der Waals surface area contributed by atoms with E-state index in [0.717, 1.165) is 13.1 Å². The molecule has 0 spiro atoms. The maximum atomic E-state index is 12.9. The summed E-state index contributed by atoms with van der Waals surface area (Å²) < 4.78 is 37.0. The molecule has 0 saturated carbocycles. The molecule has 1 amide bonds. The molecule has 33 heavy (non-hydrogen) atoms. The molecule has 1 fully saturated rings. The van der Waals surface area contributed by atoms with Crippen molar-refractivity contribution in [3.05, 3.63) is 63.6 Å². The first-order valence-corrected chi connectivity index (χ1v) is 13.0. The van der Waals surface area contributed by atoms with Gasteiger partial charge in [-0.15, -0.1) is 0 Å². The first-order chi connectivity index (χ1) is 15.5. The molecule has 2 aromatic carbocycles. The van der Waals surface area contributed by atoms with Crippen molar-refractivity contribution in [2.45, 2.75) is 38.9 Å². The summed E-state index contributed by atoms with van der Waals surface area (Å²) in [6.45, 7) is 6.02. The van der Waals surface area contributed by atoms with Crippen molar-refractivity contribution in [2.24, 2.45) is 0 Å². The number of benzene rings is 2. The van der Waals surface area contributed by atoms with E-state index >= 15 is 0 Å². The standard InChI is InChI=1S/C23H28Cl2N2O5S/c1-16-13-27(17(2)12-26(16)14-18-3-5-20(24)6-4-18)23(28)15-32-22-8-7-21(25)11-19(22)9-10-33(29,30)31/h3-8,11,16-17H,9-10,12-15H2,1-2H3,(H,29,30,31)/t16-,17+/m0/s1. The number of amides is 1. The first-order valence-electron chi connectivity index (χ1n) is 10.7. The van der Waals surface area contributed by atoms with Crippen LogP contribution in [0.2, 0.25) is 10.0 Å². The second-order valence-corrected chi connectivity index (χ2v) is 10.8. The zero-order valence-electron chi connectivity index (χ0n) is 18.6. The molecule has 1 saturated heterocycles. The van der Waals surface area contributed by atoms with Gasteiger partial charge in [-0.2, -0.15) is 8.42 Å². The molecule has 1 aliphatic rings. The molecule has 0 radical (unpaired) electrons. The van der Waals surface area contributed by atoms with Crippen molar-refractivity contribution in [3.8, 4) is 5.75 Å². The molecular formula is C23H28Cl2N2O5S. The molecular weight excluding hydrogens is 487 g/mol. The maximum absolute atomic E-state index is 12.9. The molecule has 0 bridgehead atoms. The average Bonchev–Trinajstić information content (AvgIpc) is 2.74. The van der Waals surface area contributed by atoms with Gasteiger partial charge in [0.15, 0.2) is 6.61 Å². The number of carbonyl (C=O) groups is 1. The molecule has 180 valence electrons. The summed E-state index contributed by atoms with van der Waals surface area (Å²) >= 11 is 12.0. The Morgan fingerprint density at radius 3 is 2.39 bits per heavy atom. The number of nitrogens with zero attached hydrogens (tertiary/aromatic N) is 2. The van der Waals surface area contributed by atoms with Gasteiger partial charge in [0.1, 0.15) is 5.75 Å². The molecule has 2 aromatic rings. The summed E-state index contributed by atoms with van der Waals surface area (Å²) in [7, 11) is -4.13. The summed E-state index contributed by atoms with van der Waals surface area (Å²) in [5, 5.41) is 1.12. The Labute approximate surface area is 205 Å². The fourth-order valence-electron chi connectivity index (χ4n) is 3.94. The van der Waals surface area contributed by atoms with Gasteiger partial charge < -0.3 is 9.64 Å². The number of halogens is 2. The van der Waals surface area contributed by atoms with Gasteiger partial charge in [0.25, 0.3) is 16.0 Å². The lowest BCUT2D eigenvalue weighted by atomic mass is 10.1. The Balaban J connectivity index is 1.59. The lowest BCUT2D eigenvalue weighted by Crippen LogP contribution is -2.58. The van der Waals surface area contributed by atoms with E-state index in [1.165, 1.54) is 5.56 Å². The minimum atomic E-state index is -4.13. The maximum Gasteiger partial charge on any atom is 0.265 e. The second kappa shape index (κ2) is 11.1. The van der Waals surface area contributed by atoms with Crippen molar-refractivity contribution < 1.29 is 22.5 Å². The van der Waals surface area contributed by atoms with Crippen molar-refractivity contribution in [1.29, 1.82) is 0 Å². The number of hydrogen-bond acceptors (Lipinski definition) is 5. The van der Waals surface area contributed by atoms with Gasteiger partial charge in [-0.25, -0.2) is 0 Å². The monoisotopic (exact) mass is 514 g/mol. The lowest BCUT2D eigenvalue weighted by molar-refractivity contribution is -0.139. The number of ether oxygens (including phenoxy) is 1. The van der Waals surface area contributed by atoms with Crippen LogP contribution in [-0.2, 0) is 27.9 Å². The van der Waals surface area contributed by atoms with E-state index < -0.39 is 15.9 Å². The topological polar surface area (TPSA) is 87.2 Å². The fourth-order valence-corrected chi connectivity index (χ4v) is 4.73. The Kier molecular flexibility index (Phi) is 8.64. The van der Waals surface area contributed by atoms with Gasteiger partial charge in [0, 0.05) is 41.8 Å². The van der Waals surface area contributed by atoms with Crippen molar-refractivity contribution >= 4 is 39.2 Å². The third-order valence-corrected chi connectivity index (χ3v) is 6.94. The summed E-state index contributed by atoms with van der Waals surface area (Å²) in [6.07, 6.45) is 0.0275. The van der Waals surface area contributed by atoms with E-state index in [1.54, 1.807) is 18.2 Å². The quantitative estimate of drug-likeness (QED) is 0.537. The molecule has 1 aliphatic heterocycles. The highest BCUT2D eigenvalue weighted by molar-refractivity contribution is 7.85. The number of piperazine rings is 1. The van der Waals surface area contributed by atoms with E-state index in [4.69, 9.17) is 32.5 Å². The Bertz CT molecular complexity index is 1080. The average molecular weight is 515 g/mol. The molecule has 1 heterocycles. The van der Waals surface area contributed by atoms with Gasteiger partial charge in [-0.1, -0.05) is 35.3 Å². The molecule has 7 nitrogen and oxygen atoms in total. The zero-order chi connectivity index (χ0) is 24.2. The smallest absolute Gasteiger partial charge is 0.265 e. The molecule has 10 heteroatoms. The number of aryl methyl sites for hydroxylation is 1. The molecule has 3 rings (SSSR count). The normalized spacial score (nSPS) is 19.5. The molecule has 0 unspecified atom stereocenters. The zero-order valence-corrected chi connectivity index (χ0v) is 20.9. The SMILES string of the molecule is C[C@@H]1CN(Cc2ccc(Cl)cc2)[C@@H](C)CN1C(=O)COc1ccc(Cl)cc1CCS(=O)(=O)O.